The first-order valence-corrected chi connectivity index (χ1v) is 7.14. The normalized spacial score (nSPS) is 10.6. The van der Waals surface area contributed by atoms with Crippen LogP contribution in [0, 0.1) is 27.7 Å². The first-order valence-electron chi connectivity index (χ1n) is 7.14. The Labute approximate surface area is 130 Å². The Morgan fingerprint density at radius 3 is 2.36 bits per heavy atom. The zero-order valence-corrected chi connectivity index (χ0v) is 13.6. The molecular weight excluding hydrogens is 280 g/mol. The van der Waals surface area contributed by atoms with Gasteiger partial charge in [0.15, 0.2) is 5.78 Å². The minimum absolute atomic E-state index is 0.0215. The van der Waals surface area contributed by atoms with E-state index in [2.05, 4.69) is 0 Å². The van der Waals surface area contributed by atoms with Crippen molar-refractivity contribution in [2.45, 2.75) is 41.2 Å². The van der Waals surface area contributed by atoms with Gasteiger partial charge in [0.25, 0.3) is 0 Å². The van der Waals surface area contributed by atoms with Crippen LogP contribution in [0.15, 0.2) is 22.8 Å². The van der Waals surface area contributed by atoms with Crippen LogP contribution in [0.3, 0.4) is 0 Å². The number of rotatable bonds is 4. The van der Waals surface area contributed by atoms with E-state index in [9.17, 15) is 9.59 Å². The topological polar surface area (TPSA) is 56.5 Å². The van der Waals surface area contributed by atoms with E-state index in [4.69, 9.17) is 9.15 Å². The van der Waals surface area contributed by atoms with Crippen molar-refractivity contribution < 1.29 is 18.7 Å². The molecule has 0 saturated heterocycles. The molecule has 116 valence electrons. The number of esters is 1. The second kappa shape index (κ2) is 6.18. The molecule has 22 heavy (non-hydrogen) atoms. The van der Waals surface area contributed by atoms with Crippen LogP contribution in [0.25, 0.3) is 0 Å². The van der Waals surface area contributed by atoms with Crippen LogP contribution in [0.4, 0.5) is 0 Å². The number of carbonyl (C=O) groups is 2. The van der Waals surface area contributed by atoms with Crippen molar-refractivity contribution >= 4 is 11.8 Å². The molecule has 1 heterocycles. The van der Waals surface area contributed by atoms with Gasteiger partial charge >= 0.3 is 5.97 Å². The first-order chi connectivity index (χ1) is 10.3. The summed E-state index contributed by atoms with van der Waals surface area (Å²) in [5.41, 5.74) is 4.84. The molecule has 2 aromatic rings. The van der Waals surface area contributed by atoms with E-state index < -0.39 is 5.97 Å². The summed E-state index contributed by atoms with van der Waals surface area (Å²) in [6.07, 6.45) is 1.46. The number of carbonyl (C=O) groups excluding carboxylic acids is 2. The van der Waals surface area contributed by atoms with Gasteiger partial charge in [0.1, 0.15) is 17.9 Å². The van der Waals surface area contributed by atoms with Crippen molar-refractivity contribution in [1.29, 1.82) is 0 Å². The lowest BCUT2D eigenvalue weighted by Gasteiger charge is -2.16. The van der Waals surface area contributed by atoms with Crippen LogP contribution in [0.5, 0.6) is 0 Å². The largest absolute Gasteiger partial charge is 0.469 e. The Bertz CT molecular complexity index is 738. The third kappa shape index (κ3) is 2.96. The monoisotopic (exact) mass is 300 g/mol. The van der Waals surface area contributed by atoms with Gasteiger partial charge in [-0.15, -0.1) is 0 Å². The van der Waals surface area contributed by atoms with E-state index in [0.29, 0.717) is 16.9 Å². The molecule has 1 aromatic carbocycles. The SMILES string of the molecule is CC(=O)c1c(C)cc(C)c(COC(=O)c2ccoc2C)c1C. The summed E-state index contributed by atoms with van der Waals surface area (Å²) in [7, 11) is 0. The highest BCUT2D eigenvalue weighted by molar-refractivity contribution is 5.97. The van der Waals surface area contributed by atoms with Gasteiger partial charge in [-0.1, -0.05) is 6.07 Å². The first kappa shape index (κ1) is 16.0. The van der Waals surface area contributed by atoms with Gasteiger partial charge in [-0.25, -0.2) is 4.79 Å². The smallest absolute Gasteiger partial charge is 0.342 e. The molecule has 0 fully saturated rings. The Morgan fingerprint density at radius 1 is 1.14 bits per heavy atom. The maximum atomic E-state index is 12.1. The average Bonchev–Trinajstić information content (AvgIpc) is 2.83. The maximum absolute atomic E-state index is 12.1. The number of furan rings is 1. The number of benzene rings is 1. The van der Waals surface area contributed by atoms with Crippen LogP contribution in [-0.2, 0) is 11.3 Å². The van der Waals surface area contributed by atoms with Crippen molar-refractivity contribution in [3.8, 4) is 0 Å². The summed E-state index contributed by atoms with van der Waals surface area (Å²) in [5, 5.41) is 0. The molecule has 0 bridgehead atoms. The van der Waals surface area contributed by atoms with Gasteiger partial charge in [0.2, 0.25) is 0 Å². The highest BCUT2D eigenvalue weighted by atomic mass is 16.5. The van der Waals surface area contributed by atoms with Gasteiger partial charge < -0.3 is 9.15 Å². The van der Waals surface area contributed by atoms with Crippen molar-refractivity contribution in [3.05, 3.63) is 57.5 Å². The molecule has 0 N–H and O–H groups in total. The standard InChI is InChI=1S/C18H20O4/c1-10-8-11(2)17(13(4)19)12(3)16(10)9-22-18(20)15-6-7-21-14(15)5/h6-8H,9H2,1-5H3. The predicted octanol–water partition coefficient (Wildman–Crippen LogP) is 4.07. The summed E-state index contributed by atoms with van der Waals surface area (Å²) in [5.74, 6) is 0.134. The zero-order chi connectivity index (χ0) is 16.4. The molecule has 2 rings (SSSR count). The second-order valence-electron chi connectivity index (χ2n) is 5.51. The van der Waals surface area contributed by atoms with E-state index in [1.807, 2.05) is 26.8 Å². The second-order valence-corrected chi connectivity index (χ2v) is 5.51. The highest BCUT2D eigenvalue weighted by Crippen LogP contribution is 2.24. The minimum atomic E-state index is -0.421. The van der Waals surface area contributed by atoms with Crippen LogP contribution in [0.1, 0.15) is 55.7 Å². The fourth-order valence-electron chi connectivity index (χ4n) is 2.80. The third-order valence-corrected chi connectivity index (χ3v) is 3.91. The van der Waals surface area contributed by atoms with Crippen LogP contribution in [0.2, 0.25) is 0 Å². The lowest BCUT2D eigenvalue weighted by Crippen LogP contribution is -2.10. The fourth-order valence-corrected chi connectivity index (χ4v) is 2.80. The molecule has 0 saturated carbocycles. The average molecular weight is 300 g/mol. The Hall–Kier alpha value is -2.36. The summed E-state index contributed by atoms with van der Waals surface area (Å²) in [6, 6.07) is 3.55. The Kier molecular flexibility index (Phi) is 4.50. The number of hydrogen-bond donors (Lipinski definition) is 0. The van der Waals surface area contributed by atoms with Crippen LogP contribution >= 0.6 is 0 Å². The van der Waals surface area contributed by atoms with Gasteiger partial charge in [-0.05, 0) is 62.9 Å². The number of ether oxygens (including phenoxy) is 1. The van der Waals surface area contributed by atoms with Gasteiger partial charge in [-0.2, -0.15) is 0 Å². The molecule has 0 unspecified atom stereocenters. The number of Topliss-reactive ketones (excluding diaryl/α,β-unsaturated/α-hetero) is 1. The molecule has 0 amide bonds. The van der Waals surface area contributed by atoms with Gasteiger partial charge in [0, 0.05) is 5.56 Å². The third-order valence-electron chi connectivity index (χ3n) is 3.91. The van der Waals surface area contributed by atoms with E-state index in [1.54, 1.807) is 19.9 Å². The zero-order valence-electron chi connectivity index (χ0n) is 13.6. The molecule has 0 aliphatic rings. The van der Waals surface area contributed by atoms with Crippen LogP contribution in [-0.4, -0.2) is 11.8 Å². The lowest BCUT2D eigenvalue weighted by molar-refractivity contribution is 0.0469. The van der Waals surface area contributed by atoms with Crippen molar-refractivity contribution in [3.63, 3.8) is 0 Å². The predicted molar refractivity (Wildman–Crippen MR) is 83.2 cm³/mol. The molecule has 4 heteroatoms. The van der Waals surface area contributed by atoms with Gasteiger partial charge in [-0.3, -0.25) is 4.79 Å². The Balaban J connectivity index is 2.27. The molecule has 0 spiro atoms. The van der Waals surface area contributed by atoms with Crippen LogP contribution < -0.4 is 0 Å². The lowest BCUT2D eigenvalue weighted by atomic mass is 9.92. The quantitative estimate of drug-likeness (QED) is 0.631. The molecule has 0 aliphatic carbocycles. The summed E-state index contributed by atoms with van der Waals surface area (Å²) in [6.45, 7) is 9.17. The van der Waals surface area contributed by atoms with Gasteiger partial charge in [0.05, 0.1) is 6.26 Å². The summed E-state index contributed by atoms with van der Waals surface area (Å²) >= 11 is 0. The number of aryl methyl sites for hydroxylation is 3. The van der Waals surface area contributed by atoms with E-state index in [1.165, 1.54) is 6.26 Å². The summed E-state index contributed by atoms with van der Waals surface area (Å²) < 4.78 is 10.5. The molecule has 4 nitrogen and oxygen atoms in total. The summed E-state index contributed by atoms with van der Waals surface area (Å²) in [4.78, 5) is 23.9. The minimum Gasteiger partial charge on any atom is -0.469 e. The van der Waals surface area contributed by atoms with Crippen molar-refractivity contribution in [2.24, 2.45) is 0 Å². The Morgan fingerprint density at radius 2 is 1.82 bits per heavy atom. The maximum Gasteiger partial charge on any atom is 0.342 e. The number of hydrogen-bond acceptors (Lipinski definition) is 4. The van der Waals surface area contributed by atoms with Crippen molar-refractivity contribution in [2.75, 3.05) is 0 Å². The van der Waals surface area contributed by atoms with E-state index in [-0.39, 0.29) is 12.4 Å². The van der Waals surface area contributed by atoms with E-state index >= 15 is 0 Å². The van der Waals surface area contributed by atoms with Crippen molar-refractivity contribution in [1.82, 2.24) is 0 Å². The van der Waals surface area contributed by atoms with E-state index in [0.717, 1.165) is 22.3 Å². The molecule has 0 radical (unpaired) electrons. The highest BCUT2D eigenvalue weighted by Gasteiger charge is 2.17. The fraction of sp³-hybridized carbons (Fsp3) is 0.333. The number of ketones is 1. The molecule has 0 atom stereocenters. The molecule has 0 aliphatic heterocycles. The molecular formula is C18H20O4. The molecule has 1 aromatic heterocycles.